The van der Waals surface area contributed by atoms with Gasteiger partial charge in [0.1, 0.15) is 11.6 Å². The first-order chi connectivity index (χ1) is 14.9. The summed E-state index contributed by atoms with van der Waals surface area (Å²) < 4.78 is 19.3. The fraction of sp³-hybridized carbons (Fsp3) is 0.391. The van der Waals surface area contributed by atoms with Gasteiger partial charge in [0.15, 0.2) is 5.96 Å². The van der Waals surface area contributed by atoms with E-state index >= 15 is 0 Å². The van der Waals surface area contributed by atoms with Gasteiger partial charge in [0.05, 0.1) is 24.3 Å². The molecule has 0 bridgehead atoms. The molecule has 0 aliphatic rings. The van der Waals surface area contributed by atoms with E-state index in [1.807, 2.05) is 39.0 Å². The maximum absolute atomic E-state index is 13.6. The number of carbonyl (C=O) groups excluding carboxylic acids is 1. The van der Waals surface area contributed by atoms with E-state index in [9.17, 15) is 14.3 Å². The number of nitrogens with zero attached hydrogens (tertiary/aromatic N) is 1. The summed E-state index contributed by atoms with van der Waals surface area (Å²) in [6, 6.07) is 13.1. The molecule has 176 valence electrons. The lowest BCUT2D eigenvalue weighted by atomic mass is 10.1. The molecular weight excluding hydrogens is 526 g/mol. The van der Waals surface area contributed by atoms with Gasteiger partial charge in [0.2, 0.25) is 0 Å². The zero-order valence-corrected chi connectivity index (χ0v) is 20.9. The quantitative estimate of drug-likeness (QED) is 0.156. The van der Waals surface area contributed by atoms with E-state index in [0.717, 1.165) is 5.56 Å². The molecule has 7 nitrogen and oxygen atoms in total. The summed E-state index contributed by atoms with van der Waals surface area (Å²) in [7, 11) is 0. The molecule has 1 amide bonds. The third-order valence-electron chi connectivity index (χ3n) is 4.20. The first-order valence-corrected chi connectivity index (χ1v) is 10.4. The lowest BCUT2D eigenvalue weighted by Crippen LogP contribution is -2.41. The van der Waals surface area contributed by atoms with Crippen molar-refractivity contribution in [3.8, 4) is 5.75 Å². The minimum absolute atomic E-state index is 0. The van der Waals surface area contributed by atoms with Gasteiger partial charge < -0.3 is 25.8 Å². The zero-order chi connectivity index (χ0) is 22.6. The number of aliphatic hydroxyl groups excluding tert-OH is 1. The van der Waals surface area contributed by atoms with Gasteiger partial charge >= 0.3 is 0 Å². The van der Waals surface area contributed by atoms with E-state index in [1.54, 1.807) is 12.1 Å². The maximum atomic E-state index is 13.6. The van der Waals surface area contributed by atoms with Gasteiger partial charge in [-0.3, -0.25) is 9.79 Å². The lowest BCUT2D eigenvalue weighted by Gasteiger charge is -2.15. The van der Waals surface area contributed by atoms with Gasteiger partial charge in [-0.2, -0.15) is 0 Å². The number of rotatable bonds is 10. The van der Waals surface area contributed by atoms with Crippen molar-refractivity contribution >= 4 is 35.8 Å². The van der Waals surface area contributed by atoms with Gasteiger partial charge in [0.25, 0.3) is 5.91 Å². The number of aliphatic imine (C=N–C) groups is 1. The third-order valence-corrected chi connectivity index (χ3v) is 4.20. The molecule has 0 aliphatic carbocycles. The van der Waals surface area contributed by atoms with E-state index in [4.69, 9.17) is 4.74 Å². The molecule has 1 unspecified atom stereocenters. The van der Waals surface area contributed by atoms with Crippen LogP contribution >= 0.6 is 24.0 Å². The molecule has 0 spiro atoms. The summed E-state index contributed by atoms with van der Waals surface area (Å²) in [5, 5.41) is 19.3. The number of benzene rings is 2. The second-order valence-electron chi connectivity index (χ2n) is 7.14. The Morgan fingerprint density at radius 3 is 2.50 bits per heavy atom. The van der Waals surface area contributed by atoms with Crippen molar-refractivity contribution in [1.29, 1.82) is 0 Å². The highest BCUT2D eigenvalue weighted by Gasteiger charge is 2.11. The maximum Gasteiger partial charge on any atom is 0.254 e. The highest BCUT2D eigenvalue weighted by Crippen LogP contribution is 2.20. The smallest absolute Gasteiger partial charge is 0.254 e. The predicted octanol–water partition coefficient (Wildman–Crippen LogP) is 3.25. The summed E-state index contributed by atoms with van der Waals surface area (Å²) in [6.07, 6.45) is -0.735. The van der Waals surface area contributed by atoms with Crippen LogP contribution < -0.4 is 20.7 Å². The normalized spacial score (nSPS) is 12.0. The van der Waals surface area contributed by atoms with Crippen LogP contribution in [0.25, 0.3) is 0 Å². The van der Waals surface area contributed by atoms with E-state index in [0.29, 0.717) is 24.8 Å². The largest absolute Gasteiger partial charge is 0.491 e. The highest BCUT2D eigenvalue weighted by molar-refractivity contribution is 14.0. The first-order valence-electron chi connectivity index (χ1n) is 10.4. The van der Waals surface area contributed by atoms with Crippen molar-refractivity contribution in [2.75, 3.05) is 26.2 Å². The Morgan fingerprint density at radius 1 is 1.09 bits per heavy atom. The molecule has 32 heavy (non-hydrogen) atoms. The number of guanidine groups is 1. The molecule has 0 saturated heterocycles. The van der Waals surface area contributed by atoms with Gasteiger partial charge in [-0.25, -0.2) is 4.39 Å². The van der Waals surface area contributed by atoms with Gasteiger partial charge in [0, 0.05) is 19.6 Å². The monoisotopic (exact) mass is 558 g/mol. The molecule has 2 aromatic carbocycles. The Labute approximate surface area is 205 Å². The van der Waals surface area contributed by atoms with Crippen molar-refractivity contribution in [3.63, 3.8) is 0 Å². The van der Waals surface area contributed by atoms with E-state index in [2.05, 4.69) is 20.9 Å². The topological polar surface area (TPSA) is 95.0 Å². The average Bonchev–Trinajstić information content (AvgIpc) is 2.74. The van der Waals surface area contributed by atoms with Crippen LogP contribution in [0.3, 0.4) is 0 Å². The van der Waals surface area contributed by atoms with Crippen LogP contribution in [0.5, 0.6) is 5.75 Å². The molecule has 1 atom stereocenters. The minimum atomic E-state index is -0.785. The van der Waals surface area contributed by atoms with Gasteiger partial charge in [-0.1, -0.05) is 24.3 Å². The van der Waals surface area contributed by atoms with Crippen molar-refractivity contribution < 1.29 is 19.0 Å². The Morgan fingerprint density at radius 2 is 1.81 bits per heavy atom. The Hall–Kier alpha value is -2.40. The SMILES string of the molecule is CCNC(=NCC(O)c1cccc(OC(C)C)c1)NCCNC(=O)c1ccccc1F.I. The van der Waals surface area contributed by atoms with E-state index in [-0.39, 0.29) is 48.7 Å². The molecule has 0 fully saturated rings. The number of aliphatic hydroxyl groups is 1. The summed E-state index contributed by atoms with van der Waals surface area (Å²) in [6.45, 7) is 7.29. The first kappa shape index (κ1) is 27.6. The van der Waals surface area contributed by atoms with Gasteiger partial charge in [-0.15, -0.1) is 24.0 Å². The minimum Gasteiger partial charge on any atom is -0.491 e. The Balaban J connectivity index is 0.00000512. The number of hydrogen-bond acceptors (Lipinski definition) is 4. The number of halogens is 2. The van der Waals surface area contributed by atoms with Gasteiger partial charge in [-0.05, 0) is 50.6 Å². The fourth-order valence-electron chi connectivity index (χ4n) is 2.79. The van der Waals surface area contributed by atoms with Crippen molar-refractivity contribution in [2.24, 2.45) is 4.99 Å². The number of ether oxygens (including phenoxy) is 1. The number of amides is 1. The highest BCUT2D eigenvalue weighted by atomic mass is 127. The zero-order valence-electron chi connectivity index (χ0n) is 18.6. The molecular formula is C23H32FIN4O3. The molecule has 2 aromatic rings. The second kappa shape index (κ2) is 14.6. The van der Waals surface area contributed by atoms with Crippen LogP contribution in [0, 0.1) is 5.82 Å². The average molecular weight is 558 g/mol. The number of nitrogens with one attached hydrogen (secondary N) is 3. The third kappa shape index (κ3) is 9.39. The van der Waals surface area contributed by atoms with Crippen LogP contribution in [0.1, 0.15) is 42.8 Å². The predicted molar refractivity (Wildman–Crippen MR) is 135 cm³/mol. The summed E-state index contributed by atoms with van der Waals surface area (Å²) >= 11 is 0. The van der Waals surface area contributed by atoms with Crippen molar-refractivity contribution in [1.82, 2.24) is 16.0 Å². The lowest BCUT2D eigenvalue weighted by molar-refractivity contribution is 0.0950. The van der Waals surface area contributed by atoms with Crippen molar-refractivity contribution in [2.45, 2.75) is 33.0 Å². The molecule has 9 heteroatoms. The molecule has 0 radical (unpaired) electrons. The molecule has 2 rings (SSSR count). The van der Waals surface area contributed by atoms with E-state index < -0.39 is 17.8 Å². The van der Waals surface area contributed by atoms with Crippen LogP contribution in [-0.4, -0.2) is 49.3 Å². The van der Waals surface area contributed by atoms with Crippen LogP contribution in [0.15, 0.2) is 53.5 Å². The molecule has 0 aliphatic heterocycles. The summed E-state index contributed by atoms with van der Waals surface area (Å²) in [5.41, 5.74) is 0.727. The number of hydrogen-bond donors (Lipinski definition) is 4. The Bertz CT molecular complexity index is 880. The molecule has 4 N–H and O–H groups in total. The van der Waals surface area contributed by atoms with Crippen molar-refractivity contribution in [3.05, 3.63) is 65.5 Å². The fourth-order valence-corrected chi connectivity index (χ4v) is 2.79. The van der Waals surface area contributed by atoms with Crippen LogP contribution in [0.2, 0.25) is 0 Å². The summed E-state index contributed by atoms with van der Waals surface area (Å²) in [4.78, 5) is 16.4. The second-order valence-corrected chi connectivity index (χ2v) is 7.14. The standard InChI is InChI=1S/C23H31FN4O3.HI/c1-4-25-23(27-13-12-26-22(30)19-10-5-6-11-20(19)24)28-15-21(29)17-8-7-9-18(14-17)31-16(2)3;/h5-11,14,16,21,29H,4,12-13,15H2,1-3H3,(H,26,30)(H2,25,27,28);1H. The summed E-state index contributed by atoms with van der Waals surface area (Å²) in [5.74, 6) is 0.183. The van der Waals surface area contributed by atoms with Crippen LogP contribution in [0.4, 0.5) is 4.39 Å². The Kier molecular flexibility index (Phi) is 12.6. The molecule has 0 aromatic heterocycles. The molecule has 0 heterocycles. The van der Waals surface area contributed by atoms with Crippen LogP contribution in [-0.2, 0) is 0 Å². The molecule has 0 saturated carbocycles. The number of carbonyl (C=O) groups is 1. The van der Waals surface area contributed by atoms with E-state index in [1.165, 1.54) is 18.2 Å².